The molecule has 8 heteroatoms. The number of azide groups is 1. The third-order valence-corrected chi connectivity index (χ3v) is 7.92. The zero-order chi connectivity index (χ0) is 28.6. The summed E-state index contributed by atoms with van der Waals surface area (Å²) in [6.45, 7) is 2.76. The van der Waals surface area contributed by atoms with E-state index in [4.69, 9.17) is 11.3 Å². The van der Waals surface area contributed by atoms with Crippen LogP contribution in [0, 0.1) is 11.3 Å². The van der Waals surface area contributed by atoms with Gasteiger partial charge in [-0.1, -0.05) is 84.3 Å². The minimum absolute atomic E-state index is 0.239. The molecule has 0 saturated carbocycles. The van der Waals surface area contributed by atoms with Crippen LogP contribution < -0.4 is 5.73 Å². The van der Waals surface area contributed by atoms with Gasteiger partial charge in [-0.2, -0.15) is 5.26 Å². The van der Waals surface area contributed by atoms with Crippen LogP contribution in [0.2, 0.25) is 0 Å². The molecule has 1 heterocycles. The fourth-order valence-electron chi connectivity index (χ4n) is 5.78. The van der Waals surface area contributed by atoms with Gasteiger partial charge in [-0.15, -0.1) is 0 Å². The summed E-state index contributed by atoms with van der Waals surface area (Å²) in [6, 6.07) is 30.6. The number of benzene rings is 4. The van der Waals surface area contributed by atoms with Crippen molar-refractivity contribution in [3.05, 3.63) is 106 Å². The minimum Gasteiger partial charge on any atom is -0.325 e. The molecule has 3 unspecified atom stereocenters. The van der Waals surface area contributed by atoms with Gasteiger partial charge in [0, 0.05) is 24.5 Å². The van der Waals surface area contributed by atoms with E-state index >= 15 is 0 Å². The molecular weight excluding hydrogens is 510 g/mol. The second kappa shape index (κ2) is 13.3. The Bertz CT molecular complexity index is 1530. The Labute approximate surface area is 240 Å². The van der Waals surface area contributed by atoms with Crippen LogP contribution >= 0.6 is 0 Å². The van der Waals surface area contributed by atoms with E-state index in [0.29, 0.717) is 12.8 Å². The second-order valence-corrected chi connectivity index (χ2v) is 10.9. The first-order chi connectivity index (χ1) is 20.0. The molecule has 1 saturated heterocycles. The molecular formula is C33H35N7O. The van der Waals surface area contributed by atoms with E-state index < -0.39 is 12.1 Å². The summed E-state index contributed by atoms with van der Waals surface area (Å²) in [5.74, 6) is -0.239. The standard InChI is InChI=1S/C33H35N7O/c34-20-31-19-30(37-38-36)23-40(31)33(41)32(35)11-5-6-16-39(21-24-12-14-26-7-1-3-9-28(26)17-24)22-25-13-15-27-8-2-4-10-29(27)18-25/h1-4,7-10,12-15,17-18,30-32H,5-6,11,16,19,21-23,35H2. The number of unbranched alkanes of at least 4 members (excludes halogenated alkanes) is 1. The van der Waals surface area contributed by atoms with Crippen molar-refractivity contribution in [2.45, 2.75) is 56.9 Å². The van der Waals surface area contributed by atoms with Crippen LogP contribution in [0.1, 0.15) is 36.8 Å². The third kappa shape index (κ3) is 7.03. The van der Waals surface area contributed by atoms with Crippen LogP contribution in [-0.2, 0) is 17.9 Å². The highest BCUT2D eigenvalue weighted by Gasteiger charge is 2.36. The number of nitriles is 1. The number of carbonyl (C=O) groups excluding carboxylic acids is 1. The summed E-state index contributed by atoms with van der Waals surface area (Å²) in [7, 11) is 0. The summed E-state index contributed by atoms with van der Waals surface area (Å²) in [5.41, 5.74) is 17.5. The van der Waals surface area contributed by atoms with Gasteiger partial charge in [0.1, 0.15) is 6.04 Å². The van der Waals surface area contributed by atoms with Crippen molar-refractivity contribution in [1.82, 2.24) is 9.80 Å². The predicted molar refractivity (Wildman–Crippen MR) is 163 cm³/mol. The number of rotatable bonds is 11. The normalized spacial score (nSPS) is 17.4. The zero-order valence-corrected chi connectivity index (χ0v) is 23.1. The van der Waals surface area contributed by atoms with Crippen molar-refractivity contribution in [1.29, 1.82) is 5.26 Å². The lowest BCUT2D eigenvalue weighted by atomic mass is 10.0. The Morgan fingerprint density at radius 2 is 1.56 bits per heavy atom. The van der Waals surface area contributed by atoms with Crippen LogP contribution in [0.3, 0.4) is 0 Å². The van der Waals surface area contributed by atoms with Gasteiger partial charge < -0.3 is 10.6 Å². The first-order valence-corrected chi connectivity index (χ1v) is 14.2. The van der Waals surface area contributed by atoms with Crippen LogP contribution in [0.15, 0.2) is 90.0 Å². The number of amides is 1. The maximum absolute atomic E-state index is 13.0. The summed E-state index contributed by atoms with van der Waals surface area (Å²) in [5, 5.41) is 18.1. The molecule has 0 radical (unpaired) electrons. The molecule has 208 valence electrons. The molecule has 3 atom stereocenters. The van der Waals surface area contributed by atoms with Crippen LogP contribution in [0.5, 0.6) is 0 Å². The van der Waals surface area contributed by atoms with Crippen LogP contribution in [0.25, 0.3) is 32.0 Å². The fourth-order valence-corrected chi connectivity index (χ4v) is 5.78. The Balaban J connectivity index is 1.22. The number of nitrogens with two attached hydrogens (primary N) is 1. The van der Waals surface area contributed by atoms with Crippen molar-refractivity contribution in [2.24, 2.45) is 10.8 Å². The molecule has 1 fully saturated rings. The van der Waals surface area contributed by atoms with E-state index in [-0.39, 0.29) is 18.5 Å². The smallest absolute Gasteiger partial charge is 0.240 e. The lowest BCUT2D eigenvalue weighted by Crippen LogP contribution is -2.46. The number of hydrogen-bond acceptors (Lipinski definition) is 5. The molecule has 8 nitrogen and oxygen atoms in total. The quantitative estimate of drug-likeness (QED) is 0.103. The maximum atomic E-state index is 13.0. The average Bonchev–Trinajstić information content (AvgIpc) is 3.41. The number of likely N-dealkylation sites (tertiary alicyclic amines) is 1. The Hall–Kier alpha value is -4.41. The molecule has 41 heavy (non-hydrogen) atoms. The van der Waals surface area contributed by atoms with Gasteiger partial charge in [0.15, 0.2) is 0 Å². The molecule has 0 bridgehead atoms. The first kappa shape index (κ1) is 28.1. The van der Waals surface area contributed by atoms with Gasteiger partial charge in [0.25, 0.3) is 0 Å². The predicted octanol–water partition coefficient (Wildman–Crippen LogP) is 6.30. The van der Waals surface area contributed by atoms with Gasteiger partial charge in [0.05, 0.1) is 18.2 Å². The number of hydrogen-bond donors (Lipinski definition) is 1. The summed E-state index contributed by atoms with van der Waals surface area (Å²) < 4.78 is 0. The van der Waals surface area contributed by atoms with E-state index in [2.05, 4.69) is 106 Å². The fraction of sp³-hybridized carbons (Fsp3) is 0.333. The van der Waals surface area contributed by atoms with E-state index in [9.17, 15) is 10.1 Å². The van der Waals surface area contributed by atoms with E-state index in [1.807, 2.05) is 0 Å². The Morgan fingerprint density at radius 1 is 0.976 bits per heavy atom. The Morgan fingerprint density at radius 3 is 2.12 bits per heavy atom. The lowest BCUT2D eigenvalue weighted by Gasteiger charge is -2.25. The molecule has 4 aromatic rings. The highest BCUT2D eigenvalue weighted by atomic mass is 16.2. The van der Waals surface area contributed by atoms with E-state index in [1.54, 1.807) is 0 Å². The number of carbonyl (C=O) groups is 1. The first-order valence-electron chi connectivity index (χ1n) is 14.2. The SMILES string of the molecule is N#CC1CC(N=[N+]=[N-])CN1C(=O)C(N)CCCCN(Cc1ccc2ccccc2c1)Cc1ccc2ccccc2c1. The average molecular weight is 546 g/mol. The van der Waals surface area contributed by atoms with Gasteiger partial charge >= 0.3 is 0 Å². The van der Waals surface area contributed by atoms with Gasteiger partial charge in [-0.3, -0.25) is 9.69 Å². The Kier molecular flexibility index (Phi) is 9.12. The third-order valence-electron chi connectivity index (χ3n) is 7.92. The van der Waals surface area contributed by atoms with Crippen molar-refractivity contribution in [3.63, 3.8) is 0 Å². The lowest BCUT2D eigenvalue weighted by molar-refractivity contribution is -0.132. The highest BCUT2D eigenvalue weighted by molar-refractivity contribution is 5.84. The van der Waals surface area contributed by atoms with Crippen LogP contribution in [0.4, 0.5) is 0 Å². The summed E-state index contributed by atoms with van der Waals surface area (Å²) >= 11 is 0. The summed E-state index contributed by atoms with van der Waals surface area (Å²) in [6.07, 6.45) is 2.59. The molecule has 0 spiro atoms. The second-order valence-electron chi connectivity index (χ2n) is 10.9. The van der Waals surface area contributed by atoms with Crippen LogP contribution in [-0.4, -0.2) is 46.9 Å². The minimum atomic E-state index is -0.676. The zero-order valence-electron chi connectivity index (χ0n) is 23.1. The molecule has 0 aromatic heterocycles. The van der Waals surface area contributed by atoms with Crippen molar-refractivity contribution >= 4 is 27.5 Å². The van der Waals surface area contributed by atoms with E-state index in [0.717, 1.165) is 32.5 Å². The highest BCUT2D eigenvalue weighted by Crippen LogP contribution is 2.23. The molecule has 4 aromatic carbocycles. The molecule has 1 aliphatic rings. The molecule has 2 N–H and O–H groups in total. The molecule has 0 aliphatic carbocycles. The maximum Gasteiger partial charge on any atom is 0.240 e. The largest absolute Gasteiger partial charge is 0.325 e. The topological polar surface area (TPSA) is 122 Å². The van der Waals surface area contributed by atoms with Crippen molar-refractivity contribution in [3.8, 4) is 6.07 Å². The van der Waals surface area contributed by atoms with Crippen molar-refractivity contribution in [2.75, 3.05) is 13.1 Å². The van der Waals surface area contributed by atoms with Gasteiger partial charge in [-0.25, -0.2) is 0 Å². The van der Waals surface area contributed by atoms with E-state index in [1.165, 1.54) is 37.6 Å². The monoisotopic (exact) mass is 545 g/mol. The molecule has 1 amide bonds. The van der Waals surface area contributed by atoms with Crippen molar-refractivity contribution < 1.29 is 4.79 Å². The molecule has 1 aliphatic heterocycles. The van der Waals surface area contributed by atoms with Gasteiger partial charge in [0.2, 0.25) is 5.91 Å². The number of fused-ring (bicyclic) bond motifs is 2. The van der Waals surface area contributed by atoms with Gasteiger partial charge in [-0.05, 0) is 76.1 Å². The molecule has 5 rings (SSSR count). The summed E-state index contributed by atoms with van der Waals surface area (Å²) in [4.78, 5) is 19.8. The number of nitrogens with zero attached hydrogens (tertiary/aromatic N) is 6.